The molecule has 1 fully saturated rings. The summed E-state index contributed by atoms with van der Waals surface area (Å²) in [4.78, 5) is 0. The molecule has 1 aliphatic carbocycles. The van der Waals surface area contributed by atoms with Crippen LogP contribution in [0.1, 0.15) is 37.7 Å². The molecular weight excluding hydrogens is 206 g/mol. The fraction of sp³-hybridized carbons (Fsp3) is 0.538. The third-order valence-corrected chi connectivity index (χ3v) is 3.40. The van der Waals surface area contributed by atoms with E-state index >= 15 is 0 Å². The van der Waals surface area contributed by atoms with Gasteiger partial charge in [0.05, 0.1) is 10.7 Å². The van der Waals surface area contributed by atoms with Gasteiger partial charge < -0.3 is 5.32 Å². The maximum absolute atomic E-state index is 6.19. The Morgan fingerprint density at radius 3 is 2.60 bits per heavy atom. The molecule has 1 aliphatic rings. The largest absolute Gasteiger partial charge is 0.381 e. The average Bonchev–Trinajstić information content (AvgIpc) is 2.24. The number of aryl methyl sites for hydroxylation is 1. The lowest BCUT2D eigenvalue weighted by Gasteiger charge is -2.24. The molecule has 1 nitrogen and oxygen atoms in total. The number of rotatable bonds is 2. The van der Waals surface area contributed by atoms with Gasteiger partial charge in [-0.3, -0.25) is 0 Å². The highest BCUT2D eigenvalue weighted by Gasteiger charge is 2.13. The van der Waals surface area contributed by atoms with Crippen LogP contribution in [-0.2, 0) is 0 Å². The molecule has 2 rings (SSSR count). The molecule has 0 amide bonds. The first-order valence-electron chi connectivity index (χ1n) is 5.78. The molecule has 82 valence electrons. The van der Waals surface area contributed by atoms with Crippen LogP contribution in [0.4, 0.5) is 5.69 Å². The zero-order valence-corrected chi connectivity index (χ0v) is 9.98. The second kappa shape index (κ2) is 4.89. The minimum Gasteiger partial charge on any atom is -0.381 e. The summed E-state index contributed by atoms with van der Waals surface area (Å²) in [5.41, 5.74) is 2.31. The van der Waals surface area contributed by atoms with E-state index in [4.69, 9.17) is 11.6 Å². The van der Waals surface area contributed by atoms with Gasteiger partial charge in [0.15, 0.2) is 0 Å². The highest BCUT2D eigenvalue weighted by Crippen LogP contribution is 2.27. The Morgan fingerprint density at radius 1 is 1.20 bits per heavy atom. The summed E-state index contributed by atoms with van der Waals surface area (Å²) in [5.74, 6) is 0. The first-order valence-corrected chi connectivity index (χ1v) is 6.16. The van der Waals surface area contributed by atoms with Crippen molar-refractivity contribution in [2.24, 2.45) is 0 Å². The first-order chi connectivity index (χ1) is 7.25. The van der Waals surface area contributed by atoms with Gasteiger partial charge in [0.1, 0.15) is 0 Å². The van der Waals surface area contributed by atoms with Crippen LogP contribution in [0.15, 0.2) is 18.2 Å². The van der Waals surface area contributed by atoms with Crippen molar-refractivity contribution in [3.05, 3.63) is 28.8 Å². The zero-order valence-electron chi connectivity index (χ0n) is 9.22. The van der Waals surface area contributed by atoms with Gasteiger partial charge in [-0.1, -0.05) is 36.9 Å². The molecule has 0 saturated heterocycles. The lowest BCUT2D eigenvalue weighted by atomic mass is 9.95. The number of halogens is 1. The zero-order chi connectivity index (χ0) is 10.7. The van der Waals surface area contributed by atoms with Gasteiger partial charge in [-0.05, 0) is 37.5 Å². The third kappa shape index (κ3) is 2.88. The summed E-state index contributed by atoms with van der Waals surface area (Å²) in [6.45, 7) is 2.07. The van der Waals surface area contributed by atoms with E-state index in [0.717, 1.165) is 10.7 Å². The van der Waals surface area contributed by atoms with E-state index < -0.39 is 0 Å². The number of anilines is 1. The molecule has 0 unspecified atom stereocenters. The van der Waals surface area contributed by atoms with Gasteiger partial charge in [-0.15, -0.1) is 0 Å². The summed E-state index contributed by atoms with van der Waals surface area (Å²) in [7, 11) is 0. The second-order valence-electron chi connectivity index (χ2n) is 4.46. The number of hydrogen-bond donors (Lipinski definition) is 1. The minimum absolute atomic E-state index is 0.624. The summed E-state index contributed by atoms with van der Waals surface area (Å²) in [5, 5.41) is 4.39. The van der Waals surface area contributed by atoms with E-state index in [1.165, 1.54) is 37.7 Å². The van der Waals surface area contributed by atoms with Crippen molar-refractivity contribution < 1.29 is 0 Å². The molecule has 2 heteroatoms. The molecule has 0 heterocycles. The van der Waals surface area contributed by atoms with Crippen LogP contribution in [0.2, 0.25) is 5.02 Å². The molecule has 0 atom stereocenters. The molecule has 0 aliphatic heterocycles. The molecular formula is C13H18ClN. The maximum atomic E-state index is 6.19. The van der Waals surface area contributed by atoms with E-state index in [2.05, 4.69) is 24.4 Å². The topological polar surface area (TPSA) is 12.0 Å². The smallest absolute Gasteiger partial charge is 0.0640 e. The summed E-state index contributed by atoms with van der Waals surface area (Å²) in [6, 6.07) is 6.84. The van der Waals surface area contributed by atoms with E-state index in [0.29, 0.717) is 6.04 Å². The van der Waals surface area contributed by atoms with Crippen LogP contribution in [-0.4, -0.2) is 6.04 Å². The number of nitrogens with one attached hydrogen (secondary N) is 1. The van der Waals surface area contributed by atoms with E-state index in [1.807, 2.05) is 6.07 Å². The predicted octanol–water partition coefficient (Wildman–Crippen LogP) is 4.39. The van der Waals surface area contributed by atoms with E-state index in [9.17, 15) is 0 Å². The summed E-state index contributed by atoms with van der Waals surface area (Å²) < 4.78 is 0. The van der Waals surface area contributed by atoms with Gasteiger partial charge in [-0.2, -0.15) is 0 Å². The minimum atomic E-state index is 0.624. The van der Waals surface area contributed by atoms with E-state index in [-0.39, 0.29) is 0 Å². The van der Waals surface area contributed by atoms with Crippen LogP contribution in [0.25, 0.3) is 0 Å². The molecule has 0 radical (unpaired) electrons. The molecule has 0 spiro atoms. The van der Waals surface area contributed by atoms with Crippen LogP contribution in [0.3, 0.4) is 0 Å². The van der Waals surface area contributed by atoms with Crippen LogP contribution >= 0.6 is 11.6 Å². The Kier molecular flexibility index (Phi) is 3.53. The molecule has 1 saturated carbocycles. The fourth-order valence-corrected chi connectivity index (χ4v) is 2.49. The lowest BCUT2D eigenvalue weighted by Crippen LogP contribution is -2.22. The number of benzene rings is 1. The second-order valence-corrected chi connectivity index (χ2v) is 4.87. The standard InChI is InChI=1S/C13H18ClN/c1-10-7-8-13(12(14)9-10)15-11-5-3-2-4-6-11/h7-9,11,15H,2-6H2,1H3. The molecule has 1 aromatic rings. The Bertz CT molecular complexity index is 329. The van der Waals surface area contributed by atoms with Crippen molar-refractivity contribution in [3.8, 4) is 0 Å². The van der Waals surface area contributed by atoms with Crippen molar-refractivity contribution in [1.29, 1.82) is 0 Å². The van der Waals surface area contributed by atoms with Crippen LogP contribution in [0.5, 0.6) is 0 Å². The fourth-order valence-electron chi connectivity index (χ4n) is 2.20. The Balaban J connectivity index is 2.03. The molecule has 15 heavy (non-hydrogen) atoms. The van der Waals surface area contributed by atoms with Gasteiger partial charge in [0.2, 0.25) is 0 Å². The molecule has 0 bridgehead atoms. The van der Waals surface area contributed by atoms with E-state index in [1.54, 1.807) is 0 Å². The summed E-state index contributed by atoms with van der Waals surface area (Å²) >= 11 is 6.19. The molecule has 1 aromatic carbocycles. The molecule has 1 N–H and O–H groups in total. The Labute approximate surface area is 96.8 Å². The maximum Gasteiger partial charge on any atom is 0.0640 e. The van der Waals surface area contributed by atoms with Gasteiger partial charge >= 0.3 is 0 Å². The van der Waals surface area contributed by atoms with Crippen molar-refractivity contribution >= 4 is 17.3 Å². The lowest BCUT2D eigenvalue weighted by molar-refractivity contribution is 0.463. The molecule has 0 aromatic heterocycles. The first kappa shape index (κ1) is 10.8. The Morgan fingerprint density at radius 2 is 1.93 bits per heavy atom. The van der Waals surface area contributed by atoms with Gasteiger partial charge in [-0.25, -0.2) is 0 Å². The van der Waals surface area contributed by atoms with Crippen molar-refractivity contribution in [3.63, 3.8) is 0 Å². The Hall–Kier alpha value is -0.690. The van der Waals surface area contributed by atoms with Crippen molar-refractivity contribution in [2.45, 2.75) is 45.1 Å². The quantitative estimate of drug-likeness (QED) is 0.784. The average molecular weight is 224 g/mol. The normalized spacial score (nSPS) is 17.7. The predicted molar refractivity (Wildman–Crippen MR) is 66.7 cm³/mol. The highest BCUT2D eigenvalue weighted by molar-refractivity contribution is 6.33. The van der Waals surface area contributed by atoms with Crippen molar-refractivity contribution in [2.75, 3.05) is 5.32 Å². The summed E-state index contributed by atoms with van der Waals surface area (Å²) in [6.07, 6.45) is 6.65. The van der Waals surface area contributed by atoms with Gasteiger partial charge in [0.25, 0.3) is 0 Å². The number of hydrogen-bond acceptors (Lipinski definition) is 1. The highest BCUT2D eigenvalue weighted by atomic mass is 35.5. The SMILES string of the molecule is Cc1ccc(NC2CCCCC2)c(Cl)c1. The monoisotopic (exact) mass is 223 g/mol. The third-order valence-electron chi connectivity index (χ3n) is 3.09. The van der Waals surface area contributed by atoms with Crippen LogP contribution in [0, 0.1) is 6.92 Å². The van der Waals surface area contributed by atoms with Gasteiger partial charge in [0, 0.05) is 6.04 Å². The van der Waals surface area contributed by atoms with Crippen molar-refractivity contribution in [1.82, 2.24) is 0 Å². The van der Waals surface area contributed by atoms with Crippen LogP contribution < -0.4 is 5.32 Å².